The summed E-state index contributed by atoms with van der Waals surface area (Å²) in [5, 5.41) is 1.10. The number of thiophene rings is 1. The van der Waals surface area contributed by atoms with Crippen LogP contribution in [0.15, 0.2) is 30.3 Å². The number of carbonyl (C=O) groups is 1. The van der Waals surface area contributed by atoms with Crippen LogP contribution in [0, 0.1) is 13.8 Å². The summed E-state index contributed by atoms with van der Waals surface area (Å²) in [5.74, 6) is 1.76. The van der Waals surface area contributed by atoms with Crippen molar-refractivity contribution in [3.05, 3.63) is 52.3 Å². The average Bonchev–Trinajstić information content (AvgIpc) is 3.18. The van der Waals surface area contributed by atoms with Gasteiger partial charge in [-0.25, -0.2) is 9.97 Å². The van der Waals surface area contributed by atoms with E-state index in [4.69, 9.17) is 9.47 Å². The Hall–Kier alpha value is -2.55. The van der Waals surface area contributed by atoms with E-state index in [2.05, 4.69) is 27.0 Å². The highest BCUT2D eigenvalue weighted by Crippen LogP contribution is 2.39. The van der Waals surface area contributed by atoms with Gasteiger partial charge >= 0.3 is 0 Å². The third-order valence-corrected chi connectivity index (χ3v) is 6.97. The Kier molecular flexibility index (Phi) is 5.60. The molecule has 0 aliphatic carbocycles. The third-order valence-electron chi connectivity index (χ3n) is 5.79. The molecule has 4 heterocycles. The summed E-state index contributed by atoms with van der Waals surface area (Å²) in [6, 6.07) is 10.2. The van der Waals surface area contributed by atoms with E-state index in [0.29, 0.717) is 39.5 Å². The number of rotatable bonds is 3. The van der Waals surface area contributed by atoms with Gasteiger partial charge in [0.05, 0.1) is 24.7 Å². The number of aryl methyl sites for hydroxylation is 2. The minimum Gasteiger partial charge on any atom is -0.378 e. The zero-order valence-electron chi connectivity index (χ0n) is 17.8. The molecule has 8 heteroatoms. The molecule has 0 unspecified atom stereocenters. The van der Waals surface area contributed by atoms with Crippen LogP contribution >= 0.6 is 11.3 Å². The Bertz CT molecular complexity index is 1090. The van der Waals surface area contributed by atoms with Crippen molar-refractivity contribution in [1.82, 2.24) is 14.9 Å². The van der Waals surface area contributed by atoms with Gasteiger partial charge in [0.1, 0.15) is 17.7 Å². The molecule has 2 aromatic heterocycles. The molecule has 0 spiro atoms. The summed E-state index contributed by atoms with van der Waals surface area (Å²) >= 11 is 1.57. The molecule has 0 saturated carbocycles. The number of ether oxygens (including phenoxy) is 2. The summed E-state index contributed by atoms with van der Waals surface area (Å²) in [4.78, 5) is 27.4. The molecule has 3 aromatic rings. The van der Waals surface area contributed by atoms with Gasteiger partial charge in [-0.15, -0.1) is 11.3 Å². The lowest BCUT2D eigenvalue weighted by Crippen LogP contribution is -2.42. The number of hydrogen-bond donors (Lipinski definition) is 0. The van der Waals surface area contributed by atoms with Crippen molar-refractivity contribution in [2.45, 2.75) is 20.0 Å². The van der Waals surface area contributed by atoms with Crippen molar-refractivity contribution in [1.29, 1.82) is 0 Å². The molecule has 1 amide bonds. The number of hydrogen-bond acceptors (Lipinski definition) is 7. The highest BCUT2D eigenvalue weighted by atomic mass is 32.1. The molecule has 0 N–H and O–H groups in total. The van der Waals surface area contributed by atoms with Crippen LogP contribution in [0.5, 0.6) is 0 Å². The van der Waals surface area contributed by atoms with Crippen LogP contribution in [0.4, 0.5) is 5.82 Å². The molecule has 7 nitrogen and oxygen atoms in total. The normalized spacial score (nSPS) is 19.7. The predicted molar refractivity (Wildman–Crippen MR) is 121 cm³/mol. The molecule has 1 atom stereocenters. The largest absolute Gasteiger partial charge is 0.378 e. The highest BCUT2D eigenvalue weighted by molar-refractivity contribution is 7.21. The Morgan fingerprint density at radius 3 is 2.71 bits per heavy atom. The molecule has 162 valence electrons. The summed E-state index contributed by atoms with van der Waals surface area (Å²) in [5.41, 5.74) is 1.96. The van der Waals surface area contributed by atoms with Gasteiger partial charge in [0, 0.05) is 48.2 Å². The SMILES string of the molecule is Cc1cc(N2CCO[C@H](c3c(C(=O)N4CCOCC4)sc4ccccc34)C2)nc(C)n1. The van der Waals surface area contributed by atoms with Crippen LogP contribution in [0.3, 0.4) is 0 Å². The van der Waals surface area contributed by atoms with Crippen molar-refractivity contribution in [3.8, 4) is 0 Å². The second kappa shape index (κ2) is 8.53. The smallest absolute Gasteiger partial charge is 0.264 e. The molecule has 2 aliphatic heterocycles. The first-order chi connectivity index (χ1) is 15.1. The molecule has 0 bridgehead atoms. The zero-order chi connectivity index (χ0) is 21.4. The number of anilines is 1. The Morgan fingerprint density at radius 2 is 1.90 bits per heavy atom. The van der Waals surface area contributed by atoms with Crippen molar-refractivity contribution in [3.63, 3.8) is 0 Å². The van der Waals surface area contributed by atoms with Gasteiger partial charge in [0.15, 0.2) is 0 Å². The lowest BCUT2D eigenvalue weighted by Gasteiger charge is -2.35. The standard InChI is InChI=1S/C23H26N4O3S/c1-15-13-20(25-16(2)24-15)27-9-12-30-18(14-27)21-17-5-3-4-6-19(17)31-22(21)23(28)26-7-10-29-11-8-26/h3-6,13,18H,7-12,14H2,1-2H3/t18-/m0/s1. The van der Waals surface area contributed by atoms with Gasteiger partial charge < -0.3 is 19.3 Å². The lowest BCUT2D eigenvalue weighted by molar-refractivity contribution is 0.0281. The summed E-state index contributed by atoms with van der Waals surface area (Å²) in [6.07, 6.45) is -0.194. The molecule has 2 aliphatic rings. The van der Waals surface area contributed by atoms with Crippen LogP contribution in [0.2, 0.25) is 0 Å². The van der Waals surface area contributed by atoms with Gasteiger partial charge in [-0.2, -0.15) is 0 Å². The van der Waals surface area contributed by atoms with Gasteiger partial charge in [-0.05, 0) is 25.3 Å². The Morgan fingerprint density at radius 1 is 1.10 bits per heavy atom. The van der Waals surface area contributed by atoms with Crippen LogP contribution in [-0.4, -0.2) is 66.8 Å². The summed E-state index contributed by atoms with van der Waals surface area (Å²) in [7, 11) is 0. The number of amides is 1. The van der Waals surface area contributed by atoms with E-state index in [1.54, 1.807) is 11.3 Å². The minimum absolute atomic E-state index is 0.0777. The number of aromatic nitrogens is 2. The second-order valence-corrected chi connectivity index (χ2v) is 9.02. The van der Waals surface area contributed by atoms with E-state index >= 15 is 0 Å². The lowest BCUT2D eigenvalue weighted by atomic mass is 10.0. The van der Waals surface area contributed by atoms with Crippen molar-refractivity contribution >= 4 is 33.1 Å². The number of morpholine rings is 2. The van der Waals surface area contributed by atoms with Gasteiger partial charge in [-0.3, -0.25) is 4.79 Å². The number of fused-ring (bicyclic) bond motifs is 1. The van der Waals surface area contributed by atoms with Crippen LogP contribution in [-0.2, 0) is 9.47 Å². The van der Waals surface area contributed by atoms with E-state index < -0.39 is 0 Å². The zero-order valence-corrected chi connectivity index (χ0v) is 18.7. The predicted octanol–water partition coefficient (Wildman–Crippen LogP) is 3.36. The summed E-state index contributed by atoms with van der Waals surface area (Å²) in [6.45, 7) is 8.34. The first-order valence-corrected chi connectivity index (χ1v) is 11.5. The van der Waals surface area contributed by atoms with Crippen molar-refractivity contribution in [2.24, 2.45) is 0 Å². The maximum absolute atomic E-state index is 13.5. The molecule has 31 heavy (non-hydrogen) atoms. The van der Waals surface area contributed by atoms with Crippen molar-refractivity contribution < 1.29 is 14.3 Å². The topological polar surface area (TPSA) is 67.8 Å². The van der Waals surface area contributed by atoms with E-state index in [1.807, 2.05) is 36.9 Å². The van der Waals surface area contributed by atoms with Crippen LogP contribution < -0.4 is 4.90 Å². The van der Waals surface area contributed by atoms with E-state index in [9.17, 15) is 4.79 Å². The maximum atomic E-state index is 13.5. The number of nitrogens with zero attached hydrogens (tertiary/aromatic N) is 4. The number of carbonyl (C=O) groups excluding carboxylic acids is 1. The molecule has 0 radical (unpaired) electrons. The van der Waals surface area contributed by atoms with Crippen molar-refractivity contribution in [2.75, 3.05) is 50.9 Å². The minimum atomic E-state index is -0.194. The molecule has 2 fully saturated rings. The van der Waals surface area contributed by atoms with Crippen LogP contribution in [0.25, 0.3) is 10.1 Å². The fraction of sp³-hybridized carbons (Fsp3) is 0.435. The fourth-order valence-electron chi connectivity index (χ4n) is 4.35. The van der Waals surface area contributed by atoms with Gasteiger partial charge in [0.25, 0.3) is 5.91 Å². The number of benzene rings is 1. The first kappa shape index (κ1) is 20.4. The molecule has 1 aromatic carbocycles. The quantitative estimate of drug-likeness (QED) is 0.625. The molecule has 2 saturated heterocycles. The molecule has 5 rings (SSSR count). The monoisotopic (exact) mass is 438 g/mol. The van der Waals surface area contributed by atoms with E-state index in [0.717, 1.165) is 44.4 Å². The maximum Gasteiger partial charge on any atom is 0.264 e. The Labute approximate surface area is 185 Å². The average molecular weight is 439 g/mol. The Balaban J connectivity index is 1.51. The van der Waals surface area contributed by atoms with Gasteiger partial charge in [-0.1, -0.05) is 18.2 Å². The second-order valence-electron chi connectivity index (χ2n) is 7.97. The highest BCUT2D eigenvalue weighted by Gasteiger charge is 2.32. The van der Waals surface area contributed by atoms with Gasteiger partial charge in [0.2, 0.25) is 0 Å². The van der Waals surface area contributed by atoms with Crippen LogP contribution in [0.1, 0.15) is 32.9 Å². The summed E-state index contributed by atoms with van der Waals surface area (Å²) < 4.78 is 12.8. The van der Waals surface area contributed by atoms with E-state index in [1.165, 1.54) is 0 Å². The fourth-order valence-corrected chi connectivity index (χ4v) is 5.57. The third kappa shape index (κ3) is 4.03. The molecular weight excluding hydrogens is 412 g/mol. The first-order valence-electron chi connectivity index (χ1n) is 10.7. The molecular formula is C23H26N4O3S. The van der Waals surface area contributed by atoms with E-state index in [-0.39, 0.29) is 12.0 Å².